The van der Waals surface area contributed by atoms with Crippen LogP contribution in [0.1, 0.15) is 39.7 Å². The number of benzene rings is 1. The molecule has 8 heteroatoms. The molecular weight excluding hydrogens is 376 g/mol. The van der Waals surface area contributed by atoms with E-state index >= 15 is 0 Å². The number of ether oxygens (including phenoxy) is 2. The van der Waals surface area contributed by atoms with Gasteiger partial charge in [0, 0.05) is 30.6 Å². The van der Waals surface area contributed by atoms with Gasteiger partial charge in [-0.25, -0.2) is 14.8 Å². The number of carbonyl (C=O) groups excluding carboxylic acids is 1. The molecule has 1 aromatic heterocycles. The molecular formula is C20H28N4O3S. The highest BCUT2D eigenvalue weighted by Crippen LogP contribution is 2.21. The Kier molecular flexibility index (Phi) is 8.74. The Labute approximate surface area is 170 Å². The molecule has 152 valence electrons. The summed E-state index contributed by atoms with van der Waals surface area (Å²) in [4.78, 5) is 22.3. The van der Waals surface area contributed by atoms with Crippen LogP contribution in [0, 0.1) is 0 Å². The Hall–Kier alpha value is -2.61. The molecule has 2 aromatic rings. The number of nitrogens with one attached hydrogen (secondary N) is 2. The Bertz CT molecular complexity index is 804. The zero-order valence-corrected chi connectivity index (χ0v) is 17.7. The molecule has 0 amide bonds. The highest BCUT2D eigenvalue weighted by molar-refractivity contribution is 7.11. The first kappa shape index (κ1) is 21.7. The molecule has 1 heterocycles. The Morgan fingerprint density at radius 1 is 1.25 bits per heavy atom. The number of guanidine groups is 1. The van der Waals surface area contributed by atoms with Crippen molar-refractivity contribution in [2.45, 2.75) is 33.2 Å². The zero-order chi connectivity index (χ0) is 20.4. The minimum absolute atomic E-state index is 0.395. The summed E-state index contributed by atoms with van der Waals surface area (Å²) in [7, 11) is 2.88. The molecule has 0 radical (unpaired) electrons. The number of aromatic nitrogens is 1. The summed E-state index contributed by atoms with van der Waals surface area (Å²) in [5, 5.41) is 7.68. The van der Waals surface area contributed by atoms with Gasteiger partial charge in [-0.1, -0.05) is 13.0 Å². The molecule has 2 rings (SSSR count). The van der Waals surface area contributed by atoms with Crippen LogP contribution in [0.2, 0.25) is 0 Å². The van der Waals surface area contributed by atoms with Crippen LogP contribution in [0.4, 0.5) is 0 Å². The van der Waals surface area contributed by atoms with Gasteiger partial charge < -0.3 is 20.1 Å². The second-order valence-corrected chi connectivity index (χ2v) is 7.17. The van der Waals surface area contributed by atoms with E-state index in [1.165, 1.54) is 19.1 Å². The van der Waals surface area contributed by atoms with Gasteiger partial charge in [-0.3, -0.25) is 0 Å². The van der Waals surface area contributed by atoms with E-state index in [1.54, 1.807) is 23.5 Å². The minimum Gasteiger partial charge on any atom is -0.496 e. The fraction of sp³-hybridized carbons (Fsp3) is 0.450. The van der Waals surface area contributed by atoms with Crippen molar-refractivity contribution in [2.75, 3.05) is 27.3 Å². The van der Waals surface area contributed by atoms with E-state index in [0.29, 0.717) is 17.9 Å². The molecule has 0 aliphatic carbocycles. The van der Waals surface area contributed by atoms with Crippen LogP contribution < -0.4 is 15.4 Å². The van der Waals surface area contributed by atoms with E-state index in [1.807, 2.05) is 19.2 Å². The SMILES string of the molecule is CCNC(=NCc1ccc(OC)c(C(=O)OC)c1)NCCc1ncc(CC)s1. The van der Waals surface area contributed by atoms with Crippen LogP contribution in [0.25, 0.3) is 0 Å². The average molecular weight is 405 g/mol. The van der Waals surface area contributed by atoms with Crippen LogP contribution in [0.15, 0.2) is 29.4 Å². The molecule has 7 nitrogen and oxygen atoms in total. The number of esters is 1. The van der Waals surface area contributed by atoms with Crippen molar-refractivity contribution in [3.63, 3.8) is 0 Å². The van der Waals surface area contributed by atoms with Crippen LogP contribution in [-0.4, -0.2) is 44.2 Å². The van der Waals surface area contributed by atoms with Crippen LogP contribution in [0.3, 0.4) is 0 Å². The van der Waals surface area contributed by atoms with Crippen molar-refractivity contribution in [3.05, 3.63) is 45.4 Å². The molecule has 0 aliphatic heterocycles. The lowest BCUT2D eigenvalue weighted by Crippen LogP contribution is -2.38. The van der Waals surface area contributed by atoms with Crippen molar-refractivity contribution < 1.29 is 14.3 Å². The van der Waals surface area contributed by atoms with Gasteiger partial charge in [0.2, 0.25) is 0 Å². The normalized spacial score (nSPS) is 11.2. The Morgan fingerprint density at radius 2 is 2.07 bits per heavy atom. The van der Waals surface area contributed by atoms with E-state index in [2.05, 4.69) is 27.5 Å². The molecule has 0 spiro atoms. The Balaban J connectivity index is 2.00. The quantitative estimate of drug-likeness (QED) is 0.380. The third-order valence-corrected chi connectivity index (χ3v) is 5.22. The van der Waals surface area contributed by atoms with Crippen molar-refractivity contribution >= 4 is 23.3 Å². The molecule has 0 fully saturated rings. The molecule has 0 bridgehead atoms. The first-order valence-electron chi connectivity index (χ1n) is 9.32. The molecule has 0 atom stereocenters. The van der Waals surface area contributed by atoms with Crippen LogP contribution in [-0.2, 0) is 24.1 Å². The maximum absolute atomic E-state index is 11.9. The monoisotopic (exact) mass is 404 g/mol. The number of hydrogen-bond donors (Lipinski definition) is 2. The number of nitrogens with zero attached hydrogens (tertiary/aromatic N) is 2. The van der Waals surface area contributed by atoms with Crippen molar-refractivity contribution in [2.24, 2.45) is 4.99 Å². The van der Waals surface area contributed by atoms with E-state index in [0.717, 1.165) is 42.5 Å². The fourth-order valence-corrected chi connectivity index (χ4v) is 3.41. The van der Waals surface area contributed by atoms with Crippen molar-refractivity contribution in [1.82, 2.24) is 15.6 Å². The number of hydrogen-bond acceptors (Lipinski definition) is 6. The van der Waals surface area contributed by atoms with E-state index in [-0.39, 0.29) is 0 Å². The predicted molar refractivity (Wildman–Crippen MR) is 112 cm³/mol. The van der Waals surface area contributed by atoms with Crippen LogP contribution in [0.5, 0.6) is 5.75 Å². The van der Waals surface area contributed by atoms with Gasteiger partial charge in [-0.15, -0.1) is 11.3 Å². The smallest absolute Gasteiger partial charge is 0.341 e. The van der Waals surface area contributed by atoms with Crippen molar-refractivity contribution in [3.8, 4) is 5.75 Å². The summed E-state index contributed by atoms with van der Waals surface area (Å²) in [5.74, 6) is 0.785. The summed E-state index contributed by atoms with van der Waals surface area (Å²) < 4.78 is 10.0. The second kappa shape index (κ2) is 11.3. The average Bonchev–Trinajstić information content (AvgIpc) is 3.19. The summed E-state index contributed by atoms with van der Waals surface area (Å²) in [6, 6.07) is 5.39. The van der Waals surface area contributed by atoms with Gasteiger partial charge in [-0.05, 0) is 31.0 Å². The number of methoxy groups -OCH3 is 2. The van der Waals surface area contributed by atoms with Gasteiger partial charge in [0.05, 0.1) is 25.8 Å². The Morgan fingerprint density at radius 3 is 2.71 bits per heavy atom. The fourth-order valence-electron chi connectivity index (χ4n) is 2.55. The van der Waals surface area contributed by atoms with Gasteiger partial charge >= 0.3 is 5.97 Å². The summed E-state index contributed by atoms with van der Waals surface area (Å²) in [6.07, 6.45) is 3.82. The van der Waals surface area contributed by atoms with Crippen molar-refractivity contribution in [1.29, 1.82) is 0 Å². The highest BCUT2D eigenvalue weighted by atomic mass is 32.1. The first-order chi connectivity index (χ1) is 13.6. The lowest BCUT2D eigenvalue weighted by molar-refractivity contribution is 0.0597. The molecule has 28 heavy (non-hydrogen) atoms. The molecule has 2 N–H and O–H groups in total. The molecule has 0 saturated carbocycles. The van der Waals surface area contributed by atoms with E-state index in [9.17, 15) is 4.79 Å². The van der Waals surface area contributed by atoms with E-state index in [4.69, 9.17) is 9.47 Å². The largest absolute Gasteiger partial charge is 0.496 e. The zero-order valence-electron chi connectivity index (χ0n) is 16.9. The standard InChI is InChI=1S/C20H28N4O3S/c1-5-15-13-23-18(28-15)9-10-22-20(21-6-2)24-12-14-7-8-17(26-3)16(11-14)19(25)27-4/h7-8,11,13H,5-6,9-10,12H2,1-4H3,(H2,21,22,24). The molecule has 0 aliphatic rings. The number of thiazole rings is 1. The van der Waals surface area contributed by atoms with Gasteiger partial charge in [0.15, 0.2) is 5.96 Å². The number of aryl methyl sites for hydroxylation is 1. The summed E-state index contributed by atoms with van der Waals surface area (Å²) in [5.41, 5.74) is 1.29. The van der Waals surface area contributed by atoms with Gasteiger partial charge in [-0.2, -0.15) is 0 Å². The number of carbonyl (C=O) groups is 1. The second-order valence-electron chi connectivity index (χ2n) is 5.97. The third kappa shape index (κ3) is 6.23. The van der Waals surface area contributed by atoms with E-state index < -0.39 is 5.97 Å². The number of aliphatic imine (C=N–C) groups is 1. The maximum Gasteiger partial charge on any atom is 0.341 e. The lowest BCUT2D eigenvalue weighted by Gasteiger charge is -2.11. The topological polar surface area (TPSA) is 84.8 Å². The molecule has 1 aromatic carbocycles. The number of rotatable bonds is 9. The third-order valence-electron chi connectivity index (χ3n) is 4.01. The molecule has 0 unspecified atom stereocenters. The predicted octanol–water partition coefficient (Wildman–Crippen LogP) is 2.80. The van der Waals surface area contributed by atoms with Gasteiger partial charge in [0.25, 0.3) is 0 Å². The summed E-state index contributed by atoms with van der Waals surface area (Å²) >= 11 is 1.75. The molecule has 0 saturated heterocycles. The first-order valence-corrected chi connectivity index (χ1v) is 10.1. The van der Waals surface area contributed by atoms with Crippen LogP contribution >= 0.6 is 11.3 Å². The highest BCUT2D eigenvalue weighted by Gasteiger charge is 2.13. The van der Waals surface area contributed by atoms with Gasteiger partial charge in [0.1, 0.15) is 11.3 Å². The minimum atomic E-state index is -0.428. The maximum atomic E-state index is 11.9. The lowest BCUT2D eigenvalue weighted by atomic mass is 10.1. The summed E-state index contributed by atoms with van der Waals surface area (Å²) in [6.45, 7) is 6.10.